The Morgan fingerprint density at radius 1 is 1.14 bits per heavy atom. The number of hydrazone groups is 1. The van der Waals surface area contributed by atoms with E-state index in [1.807, 2.05) is 37.3 Å². The number of rotatable bonds is 7. The molecule has 7 nitrogen and oxygen atoms in total. The zero-order valence-corrected chi connectivity index (χ0v) is 21.5. The molecule has 2 aromatic carbocycles. The molecule has 1 aliphatic carbocycles. The fourth-order valence-corrected chi connectivity index (χ4v) is 6.49. The maximum atomic E-state index is 13.7. The van der Waals surface area contributed by atoms with Gasteiger partial charge in [-0.05, 0) is 79.6 Å². The first-order chi connectivity index (χ1) is 17.5. The number of carbonyl (C=O) groups is 1. The van der Waals surface area contributed by atoms with Gasteiger partial charge in [0.25, 0.3) is 11.5 Å². The van der Waals surface area contributed by atoms with Crippen LogP contribution in [0.3, 0.4) is 0 Å². The summed E-state index contributed by atoms with van der Waals surface area (Å²) in [7, 11) is 0. The topological polar surface area (TPSA) is 96.6 Å². The van der Waals surface area contributed by atoms with Crippen molar-refractivity contribution >= 4 is 44.9 Å². The molecule has 5 rings (SSSR count). The third-order valence-corrected chi connectivity index (χ3v) is 8.28. The number of thiophene rings is 1. The van der Waals surface area contributed by atoms with Gasteiger partial charge in [0, 0.05) is 4.88 Å². The number of thioether (sulfide) groups is 1. The van der Waals surface area contributed by atoms with Crippen LogP contribution in [0.1, 0.15) is 42.2 Å². The molecule has 2 aromatic heterocycles. The average Bonchev–Trinajstić information content (AvgIpc) is 3.28. The van der Waals surface area contributed by atoms with Crippen molar-refractivity contribution in [3.63, 3.8) is 0 Å². The Bertz CT molecular complexity index is 1490. The molecule has 0 atom stereocenters. The summed E-state index contributed by atoms with van der Waals surface area (Å²) in [5.74, 6) is -0.0503. The Morgan fingerprint density at radius 3 is 2.64 bits per heavy atom. The molecule has 0 aliphatic heterocycles. The summed E-state index contributed by atoms with van der Waals surface area (Å²) in [6, 6.07) is 16.1. The number of hydrogen-bond donors (Lipinski definition) is 2. The molecule has 2 N–H and O–H groups in total. The predicted molar refractivity (Wildman–Crippen MR) is 146 cm³/mol. The first-order valence-corrected chi connectivity index (χ1v) is 13.8. The molecule has 1 amide bonds. The number of phenols is 1. The summed E-state index contributed by atoms with van der Waals surface area (Å²) in [5.41, 5.74) is 5.96. The van der Waals surface area contributed by atoms with Crippen LogP contribution in [0, 0.1) is 0 Å². The number of amides is 1. The third-order valence-electron chi connectivity index (χ3n) is 6.16. The van der Waals surface area contributed by atoms with Crippen LogP contribution >= 0.6 is 23.1 Å². The second kappa shape index (κ2) is 10.7. The molecule has 36 heavy (non-hydrogen) atoms. The number of aryl methyl sites for hydroxylation is 2. The van der Waals surface area contributed by atoms with E-state index in [1.165, 1.54) is 16.6 Å². The number of phenolic OH excluding ortho intramolecular Hbond substituents is 1. The molecule has 184 valence electrons. The highest BCUT2D eigenvalue weighted by Gasteiger charge is 2.23. The van der Waals surface area contributed by atoms with Gasteiger partial charge in [-0.15, -0.1) is 11.3 Å². The molecule has 9 heteroatoms. The van der Waals surface area contributed by atoms with Gasteiger partial charge in [-0.25, -0.2) is 10.4 Å². The number of benzene rings is 2. The van der Waals surface area contributed by atoms with Crippen LogP contribution in [0.2, 0.25) is 0 Å². The van der Waals surface area contributed by atoms with Gasteiger partial charge in [-0.1, -0.05) is 36.9 Å². The number of nitrogens with zero attached hydrogens (tertiary/aromatic N) is 3. The van der Waals surface area contributed by atoms with Crippen LogP contribution in [0.15, 0.2) is 69.6 Å². The highest BCUT2D eigenvalue weighted by atomic mass is 32.2. The van der Waals surface area contributed by atoms with E-state index in [0.717, 1.165) is 52.7 Å². The second-order valence-corrected chi connectivity index (χ2v) is 10.6. The van der Waals surface area contributed by atoms with E-state index < -0.39 is 0 Å². The number of aromatic nitrogens is 2. The Morgan fingerprint density at radius 2 is 1.89 bits per heavy atom. The van der Waals surface area contributed by atoms with Crippen LogP contribution in [-0.2, 0) is 17.6 Å². The van der Waals surface area contributed by atoms with Crippen molar-refractivity contribution in [2.45, 2.75) is 44.2 Å². The Kier molecular flexibility index (Phi) is 7.20. The molecule has 0 saturated heterocycles. The van der Waals surface area contributed by atoms with E-state index in [9.17, 15) is 14.7 Å². The van der Waals surface area contributed by atoms with Crippen LogP contribution in [0.5, 0.6) is 5.75 Å². The highest BCUT2D eigenvalue weighted by molar-refractivity contribution is 7.99. The second-order valence-electron chi connectivity index (χ2n) is 8.54. The summed E-state index contributed by atoms with van der Waals surface area (Å²) >= 11 is 2.83. The van der Waals surface area contributed by atoms with Gasteiger partial charge in [0.15, 0.2) is 5.16 Å². The maximum Gasteiger partial charge on any atom is 0.267 e. The van der Waals surface area contributed by atoms with Gasteiger partial charge in [0.2, 0.25) is 0 Å². The Hall–Kier alpha value is -3.43. The van der Waals surface area contributed by atoms with Crippen molar-refractivity contribution in [2.24, 2.45) is 5.10 Å². The number of aromatic hydroxyl groups is 1. The third kappa shape index (κ3) is 4.94. The maximum absolute atomic E-state index is 13.7. The first kappa shape index (κ1) is 24.3. The minimum Gasteiger partial charge on any atom is -0.508 e. The molecule has 0 radical (unpaired) electrons. The van der Waals surface area contributed by atoms with Crippen molar-refractivity contribution in [1.82, 2.24) is 15.0 Å². The van der Waals surface area contributed by atoms with E-state index >= 15 is 0 Å². The standard InChI is InChI=1S/C27H26N4O3S2/c1-2-21(17-12-14-19(32)15-13-17)29-30-23(33)16-35-27-28-25-24(20-10-6-7-11-22(20)36-25)26(34)31(27)18-8-4-3-5-9-18/h3-5,8-9,12-15,32H,2,6-7,10-11,16H2,1H3,(H,30,33). The lowest BCUT2D eigenvalue weighted by molar-refractivity contribution is -0.118. The van der Waals surface area contributed by atoms with Gasteiger partial charge in [-0.3, -0.25) is 14.2 Å². The summed E-state index contributed by atoms with van der Waals surface area (Å²) in [5, 5.41) is 15.0. The summed E-state index contributed by atoms with van der Waals surface area (Å²) in [6.07, 6.45) is 4.75. The smallest absolute Gasteiger partial charge is 0.267 e. The number of nitrogens with one attached hydrogen (secondary N) is 1. The number of fused-ring (bicyclic) bond motifs is 3. The molecule has 0 unspecified atom stereocenters. The molecular formula is C27H26N4O3S2. The lowest BCUT2D eigenvalue weighted by atomic mass is 9.97. The molecule has 2 heterocycles. The summed E-state index contributed by atoms with van der Waals surface area (Å²) in [4.78, 5) is 33.3. The molecule has 0 fully saturated rings. The lowest BCUT2D eigenvalue weighted by Crippen LogP contribution is -2.25. The molecule has 0 spiro atoms. The quantitative estimate of drug-likeness (QED) is 0.154. The van der Waals surface area contributed by atoms with Gasteiger partial charge in [0.05, 0.1) is 22.5 Å². The van der Waals surface area contributed by atoms with E-state index in [0.29, 0.717) is 17.3 Å². The van der Waals surface area contributed by atoms with Crippen LogP contribution in [0.4, 0.5) is 0 Å². The number of carbonyl (C=O) groups excluding carboxylic acids is 1. The molecular weight excluding hydrogens is 492 g/mol. The van der Waals surface area contributed by atoms with Crippen molar-refractivity contribution < 1.29 is 9.90 Å². The fourth-order valence-electron chi connectivity index (χ4n) is 4.38. The van der Waals surface area contributed by atoms with Crippen molar-refractivity contribution in [3.05, 3.63) is 81.0 Å². The summed E-state index contributed by atoms with van der Waals surface area (Å²) in [6.45, 7) is 1.95. The van der Waals surface area contributed by atoms with E-state index in [2.05, 4.69) is 10.5 Å². The minimum absolute atomic E-state index is 0.0615. The average molecular weight is 519 g/mol. The van der Waals surface area contributed by atoms with Gasteiger partial charge < -0.3 is 5.11 Å². The zero-order valence-electron chi connectivity index (χ0n) is 19.9. The molecule has 1 aliphatic rings. The van der Waals surface area contributed by atoms with Crippen LogP contribution < -0.4 is 11.0 Å². The van der Waals surface area contributed by atoms with Crippen LogP contribution in [-0.4, -0.2) is 32.0 Å². The lowest BCUT2D eigenvalue weighted by Gasteiger charge is -2.13. The van der Waals surface area contributed by atoms with Crippen molar-refractivity contribution in [2.75, 3.05) is 5.75 Å². The van der Waals surface area contributed by atoms with Crippen molar-refractivity contribution in [1.29, 1.82) is 0 Å². The molecule has 0 saturated carbocycles. The molecule has 4 aromatic rings. The first-order valence-electron chi connectivity index (χ1n) is 12.0. The monoisotopic (exact) mass is 518 g/mol. The normalized spacial score (nSPS) is 13.5. The Balaban J connectivity index is 1.42. The van der Waals surface area contributed by atoms with E-state index in [4.69, 9.17) is 4.98 Å². The van der Waals surface area contributed by atoms with Crippen LogP contribution in [0.25, 0.3) is 15.9 Å². The molecule has 0 bridgehead atoms. The largest absolute Gasteiger partial charge is 0.508 e. The van der Waals surface area contributed by atoms with Gasteiger partial charge >= 0.3 is 0 Å². The van der Waals surface area contributed by atoms with Gasteiger partial charge in [-0.2, -0.15) is 5.10 Å². The predicted octanol–water partition coefficient (Wildman–Crippen LogP) is 5.05. The zero-order chi connectivity index (χ0) is 25.1. The number of hydrogen-bond acceptors (Lipinski definition) is 7. The minimum atomic E-state index is -0.288. The summed E-state index contributed by atoms with van der Waals surface area (Å²) < 4.78 is 1.62. The SMILES string of the molecule is CCC(=NNC(=O)CSc1nc2sc3c(c2c(=O)n1-c1ccccc1)CCCC3)c1ccc(O)cc1. The van der Waals surface area contributed by atoms with Gasteiger partial charge in [0.1, 0.15) is 10.6 Å². The highest BCUT2D eigenvalue weighted by Crippen LogP contribution is 2.35. The number of para-hydroxylation sites is 1. The Labute approximate surface area is 216 Å². The fraction of sp³-hybridized carbons (Fsp3) is 0.259. The van der Waals surface area contributed by atoms with E-state index in [-0.39, 0.29) is 23.0 Å². The van der Waals surface area contributed by atoms with E-state index in [1.54, 1.807) is 40.2 Å². The van der Waals surface area contributed by atoms with Crippen molar-refractivity contribution in [3.8, 4) is 11.4 Å².